The molecule has 6 heteroatoms. The minimum absolute atomic E-state index is 0.169. The second-order valence-electron chi connectivity index (χ2n) is 7.10. The maximum Gasteiger partial charge on any atom is 0.260 e. The number of rotatable bonds is 2. The number of hydrogen-bond donors (Lipinski definition) is 1. The number of fused-ring (bicyclic) bond motifs is 2. The van der Waals surface area contributed by atoms with Gasteiger partial charge in [0.1, 0.15) is 5.58 Å². The first-order valence-corrected chi connectivity index (χ1v) is 9.24. The molecule has 29 heavy (non-hydrogen) atoms. The average Bonchev–Trinajstić information content (AvgIpc) is 3.10. The second kappa shape index (κ2) is 6.31. The van der Waals surface area contributed by atoms with Crippen molar-refractivity contribution in [2.75, 3.05) is 0 Å². The maximum absolute atomic E-state index is 13.1. The molecule has 0 fully saturated rings. The molecule has 0 aliphatic heterocycles. The largest absolute Gasteiger partial charge is 0.439 e. The van der Waals surface area contributed by atoms with Crippen molar-refractivity contribution in [3.8, 4) is 16.9 Å². The van der Waals surface area contributed by atoms with Crippen molar-refractivity contribution in [3.63, 3.8) is 0 Å². The lowest BCUT2D eigenvalue weighted by atomic mass is 10.1. The predicted octanol–water partition coefficient (Wildman–Crippen LogP) is 4.10. The Morgan fingerprint density at radius 2 is 1.72 bits per heavy atom. The van der Waals surface area contributed by atoms with Crippen LogP contribution in [0.3, 0.4) is 0 Å². The molecule has 0 atom stereocenters. The van der Waals surface area contributed by atoms with Gasteiger partial charge in [-0.15, -0.1) is 0 Å². The van der Waals surface area contributed by atoms with Crippen molar-refractivity contribution in [2.45, 2.75) is 13.8 Å². The zero-order valence-electron chi connectivity index (χ0n) is 15.9. The number of benzene rings is 2. The van der Waals surface area contributed by atoms with Crippen LogP contribution in [-0.4, -0.2) is 14.8 Å². The van der Waals surface area contributed by atoms with E-state index in [1.165, 1.54) is 0 Å². The van der Waals surface area contributed by atoms with Crippen LogP contribution in [0.4, 0.5) is 0 Å². The maximum atomic E-state index is 13.1. The van der Waals surface area contributed by atoms with Gasteiger partial charge in [-0.25, -0.2) is 4.68 Å². The molecule has 6 nitrogen and oxygen atoms in total. The van der Waals surface area contributed by atoms with Gasteiger partial charge in [-0.1, -0.05) is 29.8 Å². The number of nitrogens with one attached hydrogen (secondary N) is 1. The first-order valence-electron chi connectivity index (χ1n) is 9.24. The number of H-pyrrole nitrogens is 1. The molecule has 0 amide bonds. The van der Waals surface area contributed by atoms with E-state index in [2.05, 4.69) is 10.1 Å². The van der Waals surface area contributed by atoms with Gasteiger partial charge in [0.25, 0.3) is 5.56 Å². The molecule has 5 aromatic rings. The highest BCUT2D eigenvalue weighted by Crippen LogP contribution is 2.24. The first-order chi connectivity index (χ1) is 14.0. The summed E-state index contributed by atoms with van der Waals surface area (Å²) in [6, 6.07) is 18.4. The summed E-state index contributed by atoms with van der Waals surface area (Å²) in [6.45, 7) is 3.78. The lowest BCUT2D eigenvalue weighted by Gasteiger charge is -2.08. The van der Waals surface area contributed by atoms with Gasteiger partial charge >= 0.3 is 0 Å². The number of para-hydroxylation sites is 1. The Balaban J connectivity index is 1.82. The third-order valence-electron chi connectivity index (χ3n) is 4.95. The summed E-state index contributed by atoms with van der Waals surface area (Å²) >= 11 is 0. The highest BCUT2D eigenvalue weighted by molar-refractivity contribution is 5.90. The van der Waals surface area contributed by atoms with Crippen LogP contribution in [0.2, 0.25) is 0 Å². The minimum Gasteiger partial charge on any atom is -0.439 e. The predicted molar refractivity (Wildman–Crippen MR) is 113 cm³/mol. The van der Waals surface area contributed by atoms with Gasteiger partial charge in [-0.3, -0.25) is 14.6 Å². The van der Waals surface area contributed by atoms with E-state index in [4.69, 9.17) is 4.42 Å². The summed E-state index contributed by atoms with van der Waals surface area (Å²) < 4.78 is 7.50. The van der Waals surface area contributed by atoms with Gasteiger partial charge in [0, 0.05) is 0 Å². The van der Waals surface area contributed by atoms with Crippen LogP contribution in [0, 0.1) is 13.8 Å². The fourth-order valence-corrected chi connectivity index (χ4v) is 3.58. The molecular weight excluding hydrogens is 366 g/mol. The zero-order chi connectivity index (χ0) is 20.1. The molecule has 0 unspecified atom stereocenters. The van der Waals surface area contributed by atoms with Crippen LogP contribution in [0.15, 0.2) is 74.7 Å². The molecule has 3 aromatic heterocycles. The number of aromatic nitrogens is 3. The molecule has 0 radical (unpaired) electrons. The van der Waals surface area contributed by atoms with Crippen LogP contribution < -0.4 is 11.0 Å². The molecule has 0 aliphatic rings. The number of aryl methyl sites for hydroxylation is 2. The van der Waals surface area contributed by atoms with E-state index in [-0.39, 0.29) is 16.7 Å². The fourth-order valence-electron chi connectivity index (χ4n) is 3.58. The van der Waals surface area contributed by atoms with E-state index in [9.17, 15) is 9.59 Å². The summed E-state index contributed by atoms with van der Waals surface area (Å²) in [5.41, 5.74) is 3.63. The molecule has 0 bridgehead atoms. The molecule has 1 N–H and O–H groups in total. The summed E-state index contributed by atoms with van der Waals surface area (Å²) in [5, 5.41) is 5.34. The van der Waals surface area contributed by atoms with Gasteiger partial charge in [-0.05, 0) is 50.2 Å². The normalized spacial score (nSPS) is 11.4. The van der Waals surface area contributed by atoms with Crippen LogP contribution >= 0.6 is 0 Å². The van der Waals surface area contributed by atoms with Gasteiger partial charge in [-0.2, -0.15) is 5.10 Å². The van der Waals surface area contributed by atoms with Gasteiger partial charge in [0.15, 0.2) is 0 Å². The molecule has 3 heterocycles. The van der Waals surface area contributed by atoms with Crippen molar-refractivity contribution in [1.29, 1.82) is 0 Å². The van der Waals surface area contributed by atoms with Crippen molar-refractivity contribution in [2.24, 2.45) is 0 Å². The SMILES string of the molecule is Cc1ccc2oc3[nH]c(=O)c(-c4cc(C)nn4-c4ccccc4)cc3c(=O)c2c1. The van der Waals surface area contributed by atoms with E-state index in [1.807, 2.05) is 56.3 Å². The van der Waals surface area contributed by atoms with Crippen molar-refractivity contribution in [3.05, 3.63) is 92.5 Å². The Morgan fingerprint density at radius 1 is 0.931 bits per heavy atom. The number of nitrogens with zero attached hydrogens (tertiary/aromatic N) is 2. The Morgan fingerprint density at radius 3 is 2.52 bits per heavy atom. The van der Waals surface area contributed by atoms with E-state index in [0.29, 0.717) is 27.6 Å². The van der Waals surface area contributed by atoms with Gasteiger partial charge < -0.3 is 4.42 Å². The minimum atomic E-state index is -0.343. The Hall–Kier alpha value is -3.93. The molecule has 2 aromatic carbocycles. The number of pyridine rings is 1. The van der Waals surface area contributed by atoms with Gasteiger partial charge in [0.2, 0.25) is 11.1 Å². The van der Waals surface area contributed by atoms with E-state index in [1.54, 1.807) is 22.9 Å². The van der Waals surface area contributed by atoms with Crippen LogP contribution in [0.5, 0.6) is 0 Å². The molecular formula is C23H17N3O3. The fraction of sp³-hybridized carbons (Fsp3) is 0.0870. The molecule has 0 spiro atoms. The highest BCUT2D eigenvalue weighted by Gasteiger charge is 2.17. The number of aromatic amines is 1. The molecule has 0 saturated carbocycles. The third kappa shape index (κ3) is 2.77. The van der Waals surface area contributed by atoms with Crippen LogP contribution in [0.1, 0.15) is 11.3 Å². The standard InChI is InChI=1S/C23H17N3O3/c1-13-8-9-20-17(10-13)21(27)18-12-16(22(28)24-23(18)29-20)19-11-14(2)25-26(19)15-6-4-3-5-7-15/h3-12H,1-2H3,(H,24,28). The Labute approximate surface area is 165 Å². The van der Waals surface area contributed by atoms with Crippen molar-refractivity contribution < 1.29 is 4.42 Å². The molecule has 0 saturated heterocycles. The van der Waals surface area contributed by atoms with Crippen LogP contribution in [0.25, 0.3) is 39.0 Å². The summed E-state index contributed by atoms with van der Waals surface area (Å²) in [4.78, 5) is 28.7. The average molecular weight is 383 g/mol. The second-order valence-corrected chi connectivity index (χ2v) is 7.10. The summed E-state index contributed by atoms with van der Waals surface area (Å²) in [6.07, 6.45) is 0. The first kappa shape index (κ1) is 17.2. The molecule has 5 rings (SSSR count). The Kier molecular flexibility index (Phi) is 3.74. The van der Waals surface area contributed by atoms with E-state index < -0.39 is 0 Å². The quantitative estimate of drug-likeness (QED) is 0.465. The smallest absolute Gasteiger partial charge is 0.260 e. The van der Waals surface area contributed by atoms with Crippen LogP contribution in [-0.2, 0) is 0 Å². The molecule has 0 aliphatic carbocycles. The third-order valence-corrected chi connectivity index (χ3v) is 4.95. The van der Waals surface area contributed by atoms with E-state index in [0.717, 1.165) is 16.9 Å². The highest BCUT2D eigenvalue weighted by atomic mass is 16.3. The zero-order valence-corrected chi connectivity index (χ0v) is 15.9. The number of hydrogen-bond acceptors (Lipinski definition) is 4. The lowest BCUT2D eigenvalue weighted by Crippen LogP contribution is -2.14. The Bertz CT molecular complexity index is 1510. The topological polar surface area (TPSA) is 80.9 Å². The van der Waals surface area contributed by atoms with Crippen molar-refractivity contribution >= 4 is 22.1 Å². The van der Waals surface area contributed by atoms with Crippen molar-refractivity contribution in [1.82, 2.24) is 14.8 Å². The molecule has 142 valence electrons. The summed E-state index contributed by atoms with van der Waals surface area (Å²) in [7, 11) is 0. The monoisotopic (exact) mass is 383 g/mol. The van der Waals surface area contributed by atoms with E-state index >= 15 is 0 Å². The lowest BCUT2D eigenvalue weighted by molar-refractivity contribution is 0.643. The van der Waals surface area contributed by atoms with Gasteiger partial charge in [0.05, 0.1) is 33.4 Å². The summed E-state index contributed by atoms with van der Waals surface area (Å²) in [5.74, 6) is 0.